The molecule has 0 N–H and O–H groups in total. The second-order valence-corrected chi connectivity index (χ2v) is 9.26. The Morgan fingerprint density at radius 2 is 1.79 bits per heavy atom. The van der Waals surface area contributed by atoms with E-state index in [1.165, 1.54) is 0 Å². The van der Waals surface area contributed by atoms with E-state index >= 15 is 0 Å². The Morgan fingerprint density at radius 3 is 2.59 bits per heavy atom. The largest absolute Gasteiger partial charge is 0.462 e. The number of rotatable bonds is 3. The maximum absolute atomic E-state index is 13.0. The van der Waals surface area contributed by atoms with Gasteiger partial charge in [0.15, 0.2) is 6.61 Å². The Kier molecular flexibility index (Phi) is 10.2. The van der Waals surface area contributed by atoms with Crippen molar-refractivity contribution >= 4 is 29.2 Å². The topological polar surface area (TPSA) is 68.2 Å². The van der Waals surface area contributed by atoms with Crippen LogP contribution < -0.4 is 0 Å². The third-order valence-electron chi connectivity index (χ3n) is 6.11. The van der Waals surface area contributed by atoms with Crippen molar-refractivity contribution < 1.29 is 19.2 Å². The third kappa shape index (κ3) is 7.45. The van der Waals surface area contributed by atoms with Gasteiger partial charge in [0.1, 0.15) is 0 Å². The van der Waals surface area contributed by atoms with Crippen LogP contribution in [0.2, 0.25) is 5.02 Å². The summed E-state index contributed by atoms with van der Waals surface area (Å²) in [5, 5.41) is 4.81. The molecule has 34 heavy (non-hydrogen) atoms. The highest BCUT2D eigenvalue weighted by Gasteiger charge is 2.22. The molecule has 1 amide bonds. The van der Waals surface area contributed by atoms with Crippen LogP contribution in [0.25, 0.3) is 0 Å². The van der Waals surface area contributed by atoms with E-state index in [0.29, 0.717) is 34.9 Å². The molecule has 1 aromatic carbocycles. The number of oxime groups is 1. The third-order valence-corrected chi connectivity index (χ3v) is 6.63. The highest BCUT2D eigenvalue weighted by Crippen LogP contribution is 2.29. The highest BCUT2D eigenvalue weighted by molar-refractivity contribution is 6.33. The van der Waals surface area contributed by atoms with E-state index in [1.54, 1.807) is 0 Å². The number of hydrogen-bond donors (Lipinski definition) is 0. The number of nitrogens with zero attached hydrogens (tertiary/aromatic N) is 2. The van der Waals surface area contributed by atoms with Crippen molar-refractivity contribution in [2.75, 3.05) is 26.3 Å². The molecule has 0 spiro atoms. The molecule has 0 aliphatic carbocycles. The number of esters is 1. The number of hydrogen-bond acceptors (Lipinski definition) is 5. The highest BCUT2D eigenvalue weighted by atomic mass is 35.5. The van der Waals surface area contributed by atoms with Gasteiger partial charge in [-0.2, -0.15) is 0 Å². The van der Waals surface area contributed by atoms with Gasteiger partial charge in [0.05, 0.1) is 17.9 Å². The Morgan fingerprint density at radius 1 is 1.06 bits per heavy atom. The summed E-state index contributed by atoms with van der Waals surface area (Å²) in [6.07, 6.45) is 15.1. The Bertz CT molecular complexity index is 962. The van der Waals surface area contributed by atoms with Gasteiger partial charge in [-0.25, -0.2) is 4.79 Å². The number of fused-ring (bicyclic) bond motifs is 1. The number of likely N-dealkylation sites (tertiary alicyclic amines) is 1. The van der Waals surface area contributed by atoms with Gasteiger partial charge in [0.2, 0.25) is 0 Å². The van der Waals surface area contributed by atoms with E-state index in [-0.39, 0.29) is 18.5 Å². The normalized spacial score (nSPS) is 21.1. The van der Waals surface area contributed by atoms with Crippen molar-refractivity contribution in [1.29, 1.82) is 0 Å². The molecule has 184 valence electrons. The lowest BCUT2D eigenvalue weighted by Gasteiger charge is -2.26. The van der Waals surface area contributed by atoms with Gasteiger partial charge >= 0.3 is 5.97 Å². The molecule has 0 bridgehead atoms. The number of carbonyl (C=O) groups is 2. The molecule has 1 saturated heterocycles. The molecule has 7 heteroatoms. The number of amides is 1. The van der Waals surface area contributed by atoms with Crippen molar-refractivity contribution in [3.8, 4) is 0 Å². The number of aryl methyl sites for hydroxylation is 2. The van der Waals surface area contributed by atoms with Crippen LogP contribution in [-0.4, -0.2) is 48.8 Å². The van der Waals surface area contributed by atoms with Crippen LogP contribution in [0, 0.1) is 13.8 Å². The molecule has 2 heterocycles. The monoisotopic (exact) mass is 486 g/mol. The molecule has 0 radical (unpaired) electrons. The van der Waals surface area contributed by atoms with E-state index in [9.17, 15) is 9.59 Å². The van der Waals surface area contributed by atoms with Crippen LogP contribution in [0.15, 0.2) is 35.5 Å². The summed E-state index contributed by atoms with van der Waals surface area (Å²) < 4.78 is 5.56. The van der Waals surface area contributed by atoms with Crippen LogP contribution in [0.3, 0.4) is 0 Å². The molecule has 0 saturated carbocycles. The molecule has 3 rings (SSSR count). The van der Waals surface area contributed by atoms with Crippen molar-refractivity contribution in [3.05, 3.63) is 57.6 Å². The Balaban J connectivity index is 1.86. The van der Waals surface area contributed by atoms with E-state index in [4.69, 9.17) is 21.2 Å². The van der Waals surface area contributed by atoms with Gasteiger partial charge < -0.3 is 14.5 Å². The lowest BCUT2D eigenvalue weighted by atomic mass is 9.94. The molecular formula is C27H35ClN2O4. The minimum absolute atomic E-state index is 0.0518. The molecule has 6 nitrogen and oxygen atoms in total. The zero-order valence-electron chi connectivity index (χ0n) is 20.3. The molecule has 1 aromatic rings. The standard InChI is InChI=1S/C27H35ClN2O4/c1-20-17-21(2)26(28)23-18-22(29-34-19-24(31)30-14-10-8-11-15-30)13-9-6-4-3-5-7-12-16-33-27(32)25(20)23/h3,5,9,13,17H,4,6-8,10-12,14-16,18-19H2,1-2H3/b5-3+,13-9+,29-22+. The predicted octanol–water partition coefficient (Wildman–Crippen LogP) is 5.73. The summed E-state index contributed by atoms with van der Waals surface area (Å²) >= 11 is 6.68. The number of benzene rings is 1. The van der Waals surface area contributed by atoms with Gasteiger partial charge in [-0.1, -0.05) is 41.1 Å². The first kappa shape index (κ1) is 26.0. The summed E-state index contributed by atoms with van der Waals surface area (Å²) in [6, 6.07) is 1.90. The van der Waals surface area contributed by atoms with E-state index in [1.807, 2.05) is 37.0 Å². The molecule has 2 aliphatic rings. The quantitative estimate of drug-likeness (QED) is 0.311. The van der Waals surface area contributed by atoms with Crippen LogP contribution in [0.1, 0.15) is 72.0 Å². The first-order chi connectivity index (χ1) is 16.5. The number of allylic oxidation sites excluding steroid dienone is 4. The Labute approximate surface area is 207 Å². The van der Waals surface area contributed by atoms with E-state index in [2.05, 4.69) is 17.3 Å². The molecule has 0 atom stereocenters. The second kappa shape index (κ2) is 13.3. The minimum Gasteiger partial charge on any atom is -0.462 e. The summed E-state index contributed by atoms with van der Waals surface area (Å²) in [5.41, 5.74) is 3.46. The van der Waals surface area contributed by atoms with E-state index < -0.39 is 0 Å². The molecule has 1 fully saturated rings. The summed E-state index contributed by atoms with van der Waals surface area (Å²) in [5.74, 6) is -0.429. The van der Waals surface area contributed by atoms with Crippen molar-refractivity contribution in [3.63, 3.8) is 0 Å². The van der Waals surface area contributed by atoms with Gasteiger partial charge in [-0.3, -0.25) is 4.79 Å². The van der Waals surface area contributed by atoms with Gasteiger partial charge in [-0.05, 0) is 81.6 Å². The predicted molar refractivity (Wildman–Crippen MR) is 135 cm³/mol. The molecule has 2 aliphatic heterocycles. The fourth-order valence-corrected chi connectivity index (χ4v) is 4.51. The van der Waals surface area contributed by atoms with Crippen LogP contribution in [0.5, 0.6) is 0 Å². The average molecular weight is 487 g/mol. The fraction of sp³-hybridized carbons (Fsp3) is 0.519. The van der Waals surface area contributed by atoms with Crippen LogP contribution in [-0.2, 0) is 20.8 Å². The number of carbonyl (C=O) groups excluding carboxylic acids is 2. The summed E-state index contributed by atoms with van der Waals surface area (Å²) in [7, 11) is 0. The van der Waals surface area contributed by atoms with Gasteiger partial charge in [-0.15, -0.1) is 0 Å². The summed E-state index contributed by atoms with van der Waals surface area (Å²) in [6.45, 7) is 5.61. The van der Waals surface area contributed by atoms with Crippen molar-refractivity contribution in [1.82, 2.24) is 4.90 Å². The smallest absolute Gasteiger partial charge is 0.338 e. The molecule has 0 aromatic heterocycles. The van der Waals surface area contributed by atoms with Gasteiger partial charge in [0, 0.05) is 24.5 Å². The number of ether oxygens (including phenoxy) is 1. The zero-order valence-corrected chi connectivity index (χ0v) is 21.0. The van der Waals surface area contributed by atoms with E-state index in [0.717, 1.165) is 69.2 Å². The SMILES string of the molecule is Cc1cc(C)c2c(c1Cl)CC(=N/OCC(=O)N1CCCCC1)/C=C/CC/C=C/CCCOC2=O. The lowest BCUT2D eigenvalue weighted by molar-refractivity contribution is -0.137. The van der Waals surface area contributed by atoms with Crippen LogP contribution in [0.4, 0.5) is 0 Å². The van der Waals surface area contributed by atoms with Crippen molar-refractivity contribution in [2.45, 2.75) is 65.2 Å². The number of piperidine rings is 1. The molecule has 0 unspecified atom stereocenters. The fourth-order valence-electron chi connectivity index (χ4n) is 4.29. The first-order valence-electron chi connectivity index (χ1n) is 12.2. The minimum atomic E-state index is -0.377. The average Bonchev–Trinajstić information content (AvgIpc) is 2.83. The molecular weight excluding hydrogens is 452 g/mol. The number of cyclic esters (lactones) is 1. The van der Waals surface area contributed by atoms with Crippen molar-refractivity contribution in [2.24, 2.45) is 5.16 Å². The van der Waals surface area contributed by atoms with Crippen LogP contribution >= 0.6 is 11.6 Å². The van der Waals surface area contributed by atoms with Gasteiger partial charge in [0.25, 0.3) is 5.91 Å². The second-order valence-electron chi connectivity index (χ2n) is 8.88. The first-order valence-corrected chi connectivity index (χ1v) is 12.6. The number of halogens is 1. The zero-order chi connectivity index (χ0) is 24.3. The lowest BCUT2D eigenvalue weighted by Crippen LogP contribution is -2.37. The Hall–Kier alpha value is -2.60. The maximum Gasteiger partial charge on any atom is 0.338 e. The summed E-state index contributed by atoms with van der Waals surface area (Å²) in [4.78, 5) is 32.8. The maximum atomic E-state index is 13.0.